The molecular weight excluding hydrogens is 290 g/mol. The number of nitrogens with one attached hydrogen (secondary N) is 2. The predicted molar refractivity (Wildman–Crippen MR) is 80.0 cm³/mol. The van der Waals surface area contributed by atoms with Crippen LogP contribution in [0.3, 0.4) is 0 Å². The van der Waals surface area contributed by atoms with Crippen molar-refractivity contribution in [2.75, 3.05) is 20.6 Å². The maximum atomic E-state index is 11.8. The van der Waals surface area contributed by atoms with Crippen molar-refractivity contribution in [2.24, 2.45) is 0 Å². The van der Waals surface area contributed by atoms with Crippen LogP contribution in [0.25, 0.3) is 0 Å². The number of likely N-dealkylation sites (N-methyl/N-ethyl adjacent to an activating group) is 1. The summed E-state index contributed by atoms with van der Waals surface area (Å²) < 4.78 is 4.84. The Morgan fingerprint density at radius 3 is 2.86 bits per heavy atom. The minimum Gasteiger partial charge on any atom is -0.340 e. The van der Waals surface area contributed by atoms with Crippen molar-refractivity contribution < 1.29 is 9.32 Å². The molecule has 0 saturated carbocycles. The Kier molecular flexibility index (Phi) is 5.29. The number of thiophene rings is 1. The summed E-state index contributed by atoms with van der Waals surface area (Å²) in [5, 5.41) is 13.4. The first-order valence-electron chi connectivity index (χ1n) is 6.55. The van der Waals surface area contributed by atoms with Crippen LogP contribution >= 0.6 is 11.3 Å². The lowest BCUT2D eigenvalue weighted by atomic mass is 10.1. The van der Waals surface area contributed by atoms with Gasteiger partial charge in [-0.1, -0.05) is 5.16 Å². The van der Waals surface area contributed by atoms with Crippen LogP contribution in [0.15, 0.2) is 21.3 Å². The molecule has 0 unspecified atom stereocenters. The molecule has 2 aromatic rings. The summed E-state index contributed by atoms with van der Waals surface area (Å²) in [4.78, 5) is 17.9. The standard InChI is InChI=1S/C13H19N5O2S/c1-9-16-12(17-20-9)7-15-13(19)14-6-11(18(2)3)10-4-5-21-8-10/h4-5,8,11H,6-7H2,1-3H3,(H2,14,15,19)/t11-/m1/s1. The van der Waals surface area contributed by atoms with Crippen molar-refractivity contribution >= 4 is 17.4 Å². The van der Waals surface area contributed by atoms with Gasteiger partial charge in [-0.25, -0.2) is 4.79 Å². The molecule has 2 aromatic heterocycles. The van der Waals surface area contributed by atoms with Crippen LogP contribution in [0.5, 0.6) is 0 Å². The molecule has 0 fully saturated rings. The molecule has 7 nitrogen and oxygen atoms in total. The van der Waals surface area contributed by atoms with E-state index in [9.17, 15) is 4.79 Å². The predicted octanol–water partition coefficient (Wildman–Crippen LogP) is 1.54. The molecule has 0 aliphatic rings. The van der Waals surface area contributed by atoms with E-state index < -0.39 is 0 Å². The van der Waals surface area contributed by atoms with Crippen molar-refractivity contribution in [1.82, 2.24) is 25.7 Å². The van der Waals surface area contributed by atoms with Crippen molar-refractivity contribution in [3.63, 3.8) is 0 Å². The highest BCUT2D eigenvalue weighted by Crippen LogP contribution is 2.19. The van der Waals surface area contributed by atoms with Gasteiger partial charge in [-0.05, 0) is 36.5 Å². The van der Waals surface area contributed by atoms with E-state index in [2.05, 4.69) is 37.1 Å². The second-order valence-electron chi connectivity index (χ2n) is 4.83. The van der Waals surface area contributed by atoms with Crippen molar-refractivity contribution in [3.05, 3.63) is 34.1 Å². The van der Waals surface area contributed by atoms with Gasteiger partial charge in [0.1, 0.15) is 0 Å². The summed E-state index contributed by atoms with van der Waals surface area (Å²) >= 11 is 1.65. The molecule has 2 rings (SSSR count). The van der Waals surface area contributed by atoms with E-state index in [0.29, 0.717) is 18.3 Å². The zero-order valence-electron chi connectivity index (χ0n) is 12.3. The average molecular weight is 309 g/mol. The van der Waals surface area contributed by atoms with Gasteiger partial charge in [0, 0.05) is 13.5 Å². The summed E-state index contributed by atoms with van der Waals surface area (Å²) in [6, 6.07) is 1.96. The summed E-state index contributed by atoms with van der Waals surface area (Å²) in [5.41, 5.74) is 1.19. The summed E-state index contributed by atoms with van der Waals surface area (Å²) in [6.07, 6.45) is 0. The van der Waals surface area contributed by atoms with E-state index in [0.717, 1.165) is 0 Å². The van der Waals surface area contributed by atoms with Crippen molar-refractivity contribution in [1.29, 1.82) is 0 Å². The van der Waals surface area contributed by atoms with Gasteiger partial charge in [-0.15, -0.1) is 0 Å². The van der Waals surface area contributed by atoms with Crippen LogP contribution in [0.2, 0.25) is 0 Å². The Balaban J connectivity index is 1.79. The Labute approximate surface area is 127 Å². The van der Waals surface area contributed by atoms with Gasteiger partial charge in [0.15, 0.2) is 5.82 Å². The fourth-order valence-corrected chi connectivity index (χ4v) is 2.59. The molecular formula is C13H19N5O2S. The monoisotopic (exact) mass is 309 g/mol. The fourth-order valence-electron chi connectivity index (χ4n) is 1.89. The molecule has 2 heterocycles. The number of hydrogen-bond donors (Lipinski definition) is 2. The van der Waals surface area contributed by atoms with Crippen LogP contribution in [-0.2, 0) is 6.54 Å². The Morgan fingerprint density at radius 2 is 2.29 bits per heavy atom. The Hall–Kier alpha value is -1.93. The minimum absolute atomic E-state index is 0.148. The minimum atomic E-state index is -0.250. The van der Waals surface area contributed by atoms with Crippen LogP contribution in [0.1, 0.15) is 23.3 Å². The molecule has 21 heavy (non-hydrogen) atoms. The molecule has 2 amide bonds. The zero-order valence-corrected chi connectivity index (χ0v) is 13.1. The number of rotatable bonds is 6. The van der Waals surface area contributed by atoms with Gasteiger partial charge >= 0.3 is 6.03 Å². The van der Waals surface area contributed by atoms with E-state index in [-0.39, 0.29) is 18.6 Å². The third kappa shape index (κ3) is 4.54. The molecule has 1 atom stereocenters. The largest absolute Gasteiger partial charge is 0.340 e. The highest BCUT2D eigenvalue weighted by Gasteiger charge is 2.15. The lowest BCUT2D eigenvalue weighted by Gasteiger charge is -2.23. The molecule has 114 valence electrons. The first kappa shape index (κ1) is 15.5. The zero-order chi connectivity index (χ0) is 15.2. The molecule has 0 bridgehead atoms. The molecule has 8 heteroatoms. The number of urea groups is 1. The van der Waals surface area contributed by atoms with Gasteiger partial charge in [-0.2, -0.15) is 16.3 Å². The number of aryl methyl sites for hydroxylation is 1. The second-order valence-corrected chi connectivity index (χ2v) is 5.61. The molecule has 0 saturated heterocycles. The third-order valence-corrected chi connectivity index (χ3v) is 3.69. The Bertz CT molecular complexity index is 567. The number of nitrogens with zero attached hydrogens (tertiary/aromatic N) is 3. The first-order valence-corrected chi connectivity index (χ1v) is 7.50. The van der Waals surface area contributed by atoms with Crippen LogP contribution in [0, 0.1) is 6.92 Å². The quantitative estimate of drug-likeness (QED) is 0.846. The van der Waals surface area contributed by atoms with Gasteiger partial charge in [0.2, 0.25) is 5.89 Å². The normalized spacial score (nSPS) is 12.4. The van der Waals surface area contributed by atoms with Gasteiger partial charge in [0.05, 0.1) is 12.6 Å². The van der Waals surface area contributed by atoms with Gasteiger partial charge < -0.3 is 20.1 Å². The summed E-state index contributed by atoms with van der Waals surface area (Å²) in [5.74, 6) is 0.946. The van der Waals surface area contributed by atoms with Gasteiger partial charge in [-0.3, -0.25) is 0 Å². The highest BCUT2D eigenvalue weighted by molar-refractivity contribution is 7.07. The molecule has 0 aromatic carbocycles. The molecule has 0 aliphatic heterocycles. The lowest BCUT2D eigenvalue weighted by molar-refractivity contribution is 0.232. The Morgan fingerprint density at radius 1 is 1.48 bits per heavy atom. The molecule has 0 spiro atoms. The maximum Gasteiger partial charge on any atom is 0.315 e. The van der Waals surface area contributed by atoms with E-state index in [4.69, 9.17) is 4.52 Å². The van der Waals surface area contributed by atoms with Crippen molar-refractivity contribution in [2.45, 2.75) is 19.5 Å². The maximum absolute atomic E-state index is 11.8. The topological polar surface area (TPSA) is 83.3 Å². The lowest BCUT2D eigenvalue weighted by Crippen LogP contribution is -2.40. The smallest absolute Gasteiger partial charge is 0.315 e. The fraction of sp³-hybridized carbons (Fsp3) is 0.462. The second kappa shape index (κ2) is 7.19. The third-order valence-electron chi connectivity index (χ3n) is 2.98. The first-order chi connectivity index (χ1) is 10.1. The van der Waals surface area contributed by atoms with E-state index in [1.54, 1.807) is 18.3 Å². The van der Waals surface area contributed by atoms with Gasteiger partial charge in [0.25, 0.3) is 0 Å². The van der Waals surface area contributed by atoms with Crippen molar-refractivity contribution in [3.8, 4) is 0 Å². The van der Waals surface area contributed by atoms with E-state index in [1.165, 1.54) is 5.56 Å². The van der Waals surface area contributed by atoms with E-state index >= 15 is 0 Å². The average Bonchev–Trinajstić information content (AvgIpc) is 3.08. The number of carbonyl (C=O) groups is 1. The summed E-state index contributed by atoms with van der Waals surface area (Å²) in [7, 11) is 3.98. The summed E-state index contributed by atoms with van der Waals surface area (Å²) in [6.45, 7) is 2.48. The number of amides is 2. The number of carbonyl (C=O) groups excluding carboxylic acids is 1. The molecule has 0 aliphatic carbocycles. The number of aromatic nitrogens is 2. The molecule has 0 radical (unpaired) electrons. The van der Waals surface area contributed by atoms with Crippen LogP contribution < -0.4 is 10.6 Å². The SMILES string of the molecule is Cc1nc(CNC(=O)NC[C@H](c2ccsc2)N(C)C)no1. The number of hydrogen-bond acceptors (Lipinski definition) is 6. The van der Waals surface area contributed by atoms with Crippen LogP contribution in [-0.4, -0.2) is 41.7 Å². The molecule has 2 N–H and O–H groups in total. The highest BCUT2D eigenvalue weighted by atomic mass is 32.1. The van der Waals surface area contributed by atoms with E-state index in [1.807, 2.05) is 19.5 Å². The van der Waals surface area contributed by atoms with Crippen LogP contribution in [0.4, 0.5) is 4.79 Å².